The Hall–Kier alpha value is -0.650. The highest BCUT2D eigenvalue weighted by Gasteiger charge is 2.21. The Morgan fingerprint density at radius 2 is 2.28 bits per heavy atom. The highest BCUT2D eigenvalue weighted by Crippen LogP contribution is 2.21. The summed E-state index contributed by atoms with van der Waals surface area (Å²) in [5.41, 5.74) is 0.0151. The van der Waals surface area contributed by atoms with Gasteiger partial charge >= 0.3 is 0 Å². The summed E-state index contributed by atoms with van der Waals surface area (Å²) in [5.74, 6) is -0.971. The van der Waals surface area contributed by atoms with Gasteiger partial charge in [-0.25, -0.2) is 4.39 Å². The van der Waals surface area contributed by atoms with Crippen LogP contribution in [0.3, 0.4) is 0 Å². The summed E-state index contributed by atoms with van der Waals surface area (Å²) >= 11 is 9.13. The van der Waals surface area contributed by atoms with Gasteiger partial charge in [0, 0.05) is 25.2 Å². The van der Waals surface area contributed by atoms with E-state index in [4.69, 9.17) is 16.3 Å². The highest BCUT2D eigenvalue weighted by molar-refractivity contribution is 9.10. The van der Waals surface area contributed by atoms with Gasteiger partial charge in [0.15, 0.2) is 0 Å². The lowest BCUT2D eigenvalue weighted by Gasteiger charge is -2.20. The van der Waals surface area contributed by atoms with E-state index >= 15 is 0 Å². The zero-order valence-corrected chi connectivity index (χ0v) is 12.5. The molecule has 0 bridgehead atoms. The molecule has 18 heavy (non-hydrogen) atoms. The van der Waals surface area contributed by atoms with E-state index in [2.05, 4.69) is 15.9 Å². The molecule has 0 aromatic heterocycles. The number of hydrogen-bond donors (Lipinski definition) is 0. The van der Waals surface area contributed by atoms with Gasteiger partial charge in [-0.1, -0.05) is 6.07 Å². The number of alkyl halides is 1. The van der Waals surface area contributed by atoms with Gasteiger partial charge in [0.25, 0.3) is 5.91 Å². The summed E-state index contributed by atoms with van der Waals surface area (Å²) in [6.45, 7) is 0.618. The Kier molecular flexibility index (Phi) is 6.05. The molecule has 100 valence electrons. The van der Waals surface area contributed by atoms with E-state index in [9.17, 15) is 9.18 Å². The Bertz CT molecular complexity index is 410. The predicted molar refractivity (Wildman–Crippen MR) is 72.6 cm³/mol. The van der Waals surface area contributed by atoms with Crippen LogP contribution in [0, 0.1) is 5.82 Å². The molecule has 3 nitrogen and oxygen atoms in total. The monoisotopic (exact) mass is 337 g/mol. The van der Waals surface area contributed by atoms with Crippen LogP contribution in [0.25, 0.3) is 0 Å². The Balaban J connectivity index is 2.81. The maximum Gasteiger partial charge on any atom is 0.257 e. The second-order valence-electron chi connectivity index (χ2n) is 3.83. The normalized spacial score (nSPS) is 12.3. The quantitative estimate of drug-likeness (QED) is 0.773. The topological polar surface area (TPSA) is 29.5 Å². The molecule has 0 aliphatic rings. The highest BCUT2D eigenvalue weighted by atomic mass is 79.9. The van der Waals surface area contributed by atoms with Crippen molar-refractivity contribution in [1.82, 2.24) is 4.90 Å². The molecule has 0 aliphatic heterocycles. The summed E-state index contributed by atoms with van der Waals surface area (Å²) in [6.07, 6.45) is 0. The molecule has 1 unspecified atom stereocenters. The SMILES string of the molecule is COCC(Cl)CN(C)C(=O)c1c(F)cccc1Br. The van der Waals surface area contributed by atoms with Crippen LogP contribution in [-0.2, 0) is 4.74 Å². The molecule has 0 spiro atoms. The lowest BCUT2D eigenvalue weighted by molar-refractivity contribution is 0.0776. The Labute approximate surface area is 119 Å². The van der Waals surface area contributed by atoms with E-state index in [1.807, 2.05) is 0 Å². The first-order valence-corrected chi connectivity index (χ1v) is 6.52. The fourth-order valence-corrected chi connectivity index (χ4v) is 2.35. The fraction of sp³-hybridized carbons (Fsp3) is 0.417. The van der Waals surface area contributed by atoms with Gasteiger partial charge in [0.05, 0.1) is 17.5 Å². The van der Waals surface area contributed by atoms with Crippen molar-refractivity contribution in [2.75, 3.05) is 27.3 Å². The van der Waals surface area contributed by atoms with Crippen molar-refractivity contribution < 1.29 is 13.9 Å². The molecule has 0 N–H and O–H groups in total. The molecule has 1 aromatic carbocycles. The zero-order chi connectivity index (χ0) is 13.7. The van der Waals surface area contributed by atoms with Crippen LogP contribution in [0.4, 0.5) is 4.39 Å². The van der Waals surface area contributed by atoms with Crippen LogP contribution in [-0.4, -0.2) is 43.5 Å². The van der Waals surface area contributed by atoms with E-state index in [0.717, 1.165) is 0 Å². The average molecular weight is 339 g/mol. The molecular weight excluding hydrogens is 324 g/mol. The minimum Gasteiger partial charge on any atom is -0.383 e. The van der Waals surface area contributed by atoms with Crippen molar-refractivity contribution in [1.29, 1.82) is 0 Å². The van der Waals surface area contributed by atoms with Gasteiger partial charge in [-0.2, -0.15) is 0 Å². The van der Waals surface area contributed by atoms with Crippen LogP contribution in [0.1, 0.15) is 10.4 Å². The van der Waals surface area contributed by atoms with Crippen molar-refractivity contribution >= 4 is 33.4 Å². The van der Waals surface area contributed by atoms with E-state index < -0.39 is 11.7 Å². The molecule has 0 saturated carbocycles. The molecule has 0 radical (unpaired) electrons. The van der Waals surface area contributed by atoms with Gasteiger partial charge in [0.2, 0.25) is 0 Å². The van der Waals surface area contributed by atoms with Gasteiger partial charge in [-0.05, 0) is 28.1 Å². The Morgan fingerprint density at radius 1 is 1.61 bits per heavy atom. The first-order valence-electron chi connectivity index (χ1n) is 5.29. The van der Waals surface area contributed by atoms with Crippen LogP contribution < -0.4 is 0 Å². The average Bonchev–Trinajstić information content (AvgIpc) is 2.28. The van der Waals surface area contributed by atoms with Gasteiger partial charge in [0.1, 0.15) is 5.82 Å². The number of methoxy groups -OCH3 is 1. The Morgan fingerprint density at radius 3 is 2.83 bits per heavy atom. The largest absolute Gasteiger partial charge is 0.383 e. The fourth-order valence-electron chi connectivity index (χ4n) is 1.51. The lowest BCUT2D eigenvalue weighted by Crippen LogP contribution is -2.34. The maximum atomic E-state index is 13.6. The third-order valence-corrected chi connectivity index (χ3v) is 3.27. The summed E-state index contributed by atoms with van der Waals surface area (Å²) in [4.78, 5) is 13.5. The maximum absolute atomic E-state index is 13.6. The van der Waals surface area contributed by atoms with Gasteiger partial charge in [-0.3, -0.25) is 4.79 Å². The van der Waals surface area contributed by atoms with Crippen molar-refractivity contribution in [3.63, 3.8) is 0 Å². The molecule has 0 heterocycles. The molecule has 1 aromatic rings. The van der Waals surface area contributed by atoms with Crippen LogP contribution >= 0.6 is 27.5 Å². The molecule has 0 saturated heterocycles. The number of rotatable bonds is 5. The molecular formula is C12H14BrClFNO2. The second-order valence-corrected chi connectivity index (χ2v) is 5.31. The van der Waals surface area contributed by atoms with Crippen LogP contribution in [0.15, 0.2) is 22.7 Å². The number of carbonyl (C=O) groups excluding carboxylic acids is 1. The van der Waals surface area contributed by atoms with E-state index in [1.54, 1.807) is 13.1 Å². The predicted octanol–water partition coefficient (Wildman–Crippen LogP) is 2.91. The van der Waals surface area contributed by atoms with Crippen LogP contribution in [0.5, 0.6) is 0 Å². The molecule has 0 aliphatic carbocycles. The summed E-state index contributed by atoms with van der Waals surface area (Å²) in [6, 6.07) is 4.40. The van der Waals surface area contributed by atoms with Crippen LogP contribution in [0.2, 0.25) is 0 Å². The van der Waals surface area contributed by atoms with Crippen molar-refractivity contribution in [2.45, 2.75) is 5.38 Å². The number of hydrogen-bond acceptors (Lipinski definition) is 2. The van der Waals surface area contributed by atoms with E-state index in [0.29, 0.717) is 11.1 Å². The third-order valence-electron chi connectivity index (χ3n) is 2.34. The standard InChI is InChI=1S/C12H14BrClFNO2/c1-16(6-8(14)7-18-2)12(17)11-9(13)4-3-5-10(11)15/h3-5,8H,6-7H2,1-2H3. The molecule has 1 atom stereocenters. The molecule has 0 fully saturated rings. The molecule has 1 rings (SSSR count). The summed E-state index contributed by atoms with van der Waals surface area (Å²) < 4.78 is 18.9. The number of ether oxygens (including phenoxy) is 1. The van der Waals surface area contributed by atoms with Gasteiger partial charge in [-0.15, -0.1) is 11.6 Å². The van der Waals surface area contributed by atoms with E-state index in [-0.39, 0.29) is 17.5 Å². The smallest absolute Gasteiger partial charge is 0.257 e. The van der Waals surface area contributed by atoms with Crippen molar-refractivity contribution in [3.05, 3.63) is 34.1 Å². The second kappa shape index (κ2) is 7.07. The van der Waals surface area contributed by atoms with Gasteiger partial charge < -0.3 is 9.64 Å². The zero-order valence-electron chi connectivity index (χ0n) is 10.1. The minimum absolute atomic E-state index is 0.0151. The first kappa shape index (κ1) is 15.4. The summed E-state index contributed by atoms with van der Waals surface area (Å²) in [7, 11) is 3.11. The number of nitrogens with zero attached hydrogens (tertiary/aromatic N) is 1. The summed E-state index contributed by atoms with van der Waals surface area (Å²) in [5, 5.41) is -0.325. The molecule has 6 heteroatoms. The number of carbonyl (C=O) groups is 1. The minimum atomic E-state index is -0.556. The van der Waals surface area contributed by atoms with Crippen molar-refractivity contribution in [3.8, 4) is 0 Å². The number of amides is 1. The van der Waals surface area contributed by atoms with E-state index in [1.165, 1.54) is 24.1 Å². The van der Waals surface area contributed by atoms with Crippen molar-refractivity contribution in [2.24, 2.45) is 0 Å². The third kappa shape index (κ3) is 3.93. The molecule has 1 amide bonds. The number of benzene rings is 1. The number of halogens is 3. The lowest BCUT2D eigenvalue weighted by atomic mass is 10.2. The first-order chi connectivity index (χ1) is 8.47.